The van der Waals surface area contributed by atoms with Crippen molar-refractivity contribution in [1.82, 2.24) is 9.97 Å². The van der Waals surface area contributed by atoms with Crippen LogP contribution < -0.4 is 15.0 Å². The van der Waals surface area contributed by atoms with E-state index in [2.05, 4.69) is 15.3 Å². The van der Waals surface area contributed by atoms with Crippen LogP contribution in [0, 0.1) is 11.3 Å². The number of nitriles is 1. The van der Waals surface area contributed by atoms with Gasteiger partial charge in [0.15, 0.2) is 6.29 Å². The van der Waals surface area contributed by atoms with Gasteiger partial charge in [-0.3, -0.25) is 15.0 Å². The number of methoxy groups -OCH3 is 1. The number of urea groups is 1. The van der Waals surface area contributed by atoms with Gasteiger partial charge in [-0.05, 0) is 31.4 Å². The van der Waals surface area contributed by atoms with Crippen LogP contribution in [-0.2, 0) is 17.8 Å². The van der Waals surface area contributed by atoms with Gasteiger partial charge in [-0.15, -0.1) is 0 Å². The van der Waals surface area contributed by atoms with Crippen molar-refractivity contribution in [3.05, 3.63) is 40.7 Å². The van der Waals surface area contributed by atoms with E-state index in [-0.39, 0.29) is 35.5 Å². The zero-order chi connectivity index (χ0) is 22.4. The van der Waals surface area contributed by atoms with Crippen molar-refractivity contribution < 1.29 is 24.2 Å². The molecule has 0 aromatic carbocycles. The topological polar surface area (TPSA) is 138 Å². The van der Waals surface area contributed by atoms with Gasteiger partial charge in [0.2, 0.25) is 0 Å². The molecule has 10 heteroatoms. The molecular formula is C21H23N5O5. The quantitative estimate of drug-likeness (QED) is 0.643. The van der Waals surface area contributed by atoms with Crippen molar-refractivity contribution in [2.45, 2.75) is 32.5 Å². The van der Waals surface area contributed by atoms with Crippen molar-refractivity contribution >= 4 is 24.0 Å². The zero-order valence-electron chi connectivity index (χ0n) is 17.3. The van der Waals surface area contributed by atoms with Gasteiger partial charge in [0, 0.05) is 25.3 Å². The molecule has 1 unspecified atom stereocenters. The Morgan fingerprint density at radius 2 is 2.29 bits per heavy atom. The third kappa shape index (κ3) is 4.96. The van der Waals surface area contributed by atoms with Crippen LogP contribution in [0.15, 0.2) is 18.3 Å². The number of hydrogen-bond acceptors (Lipinski definition) is 8. The van der Waals surface area contributed by atoms with Crippen LogP contribution >= 0.6 is 0 Å². The number of fused-ring (bicyclic) bond motifs is 1. The van der Waals surface area contributed by atoms with Gasteiger partial charge in [0.1, 0.15) is 40.8 Å². The molecule has 162 valence electrons. The Labute approximate surface area is 179 Å². The molecule has 1 aliphatic rings. The number of carbonyl (C=O) groups is 2. The first-order valence-electron chi connectivity index (χ1n) is 9.73. The van der Waals surface area contributed by atoms with E-state index in [0.717, 1.165) is 5.56 Å². The normalized spacial score (nSPS) is 13.7. The number of anilines is 2. The molecule has 0 saturated carbocycles. The first kappa shape index (κ1) is 22.1. The fourth-order valence-electron chi connectivity index (χ4n) is 3.33. The number of aryl methyl sites for hydroxylation is 1. The lowest BCUT2D eigenvalue weighted by Gasteiger charge is -2.29. The number of aromatic nitrogens is 2. The van der Waals surface area contributed by atoms with Gasteiger partial charge in [-0.2, -0.15) is 5.26 Å². The molecule has 2 N–H and O–H groups in total. The summed E-state index contributed by atoms with van der Waals surface area (Å²) in [6, 6.07) is 4.71. The molecule has 2 amide bonds. The summed E-state index contributed by atoms with van der Waals surface area (Å²) in [4.78, 5) is 34.1. The minimum Gasteiger partial charge on any atom is -0.487 e. The summed E-state index contributed by atoms with van der Waals surface area (Å²) in [5.74, 6) is 0.866. The molecule has 1 aliphatic heterocycles. The van der Waals surface area contributed by atoms with Gasteiger partial charge in [0.25, 0.3) is 0 Å². The number of carbonyl (C=O) groups excluding carboxylic acids is 2. The molecule has 0 saturated heterocycles. The number of aldehydes is 1. The van der Waals surface area contributed by atoms with Crippen LogP contribution in [0.2, 0.25) is 0 Å². The Morgan fingerprint density at radius 1 is 1.48 bits per heavy atom. The highest BCUT2D eigenvalue weighted by atomic mass is 16.5. The van der Waals surface area contributed by atoms with Crippen molar-refractivity contribution in [3.8, 4) is 11.8 Å². The third-order valence-electron chi connectivity index (χ3n) is 4.75. The Balaban J connectivity index is 1.84. The van der Waals surface area contributed by atoms with E-state index < -0.39 is 6.03 Å². The summed E-state index contributed by atoms with van der Waals surface area (Å²) in [6.07, 6.45) is 2.97. The number of rotatable bonds is 7. The third-order valence-corrected chi connectivity index (χ3v) is 4.75. The second-order valence-electron chi connectivity index (χ2n) is 7.04. The van der Waals surface area contributed by atoms with Crippen molar-refractivity contribution in [3.63, 3.8) is 0 Å². The van der Waals surface area contributed by atoms with Crippen molar-refractivity contribution in [2.24, 2.45) is 0 Å². The highest BCUT2D eigenvalue weighted by Crippen LogP contribution is 2.28. The number of hydrogen-bond donors (Lipinski definition) is 2. The molecule has 10 nitrogen and oxygen atoms in total. The minimum absolute atomic E-state index is 0.0975. The summed E-state index contributed by atoms with van der Waals surface area (Å²) < 4.78 is 10.8. The number of amides is 2. The molecule has 3 rings (SSSR count). The van der Waals surface area contributed by atoms with Gasteiger partial charge in [-0.1, -0.05) is 0 Å². The molecule has 0 radical (unpaired) electrons. The Kier molecular flexibility index (Phi) is 7.12. The Hall–Kier alpha value is -3.55. The van der Waals surface area contributed by atoms with Crippen LogP contribution in [0.4, 0.5) is 16.4 Å². The highest BCUT2D eigenvalue weighted by Gasteiger charge is 2.26. The maximum Gasteiger partial charge on any atom is 0.328 e. The number of ether oxygens (including phenoxy) is 2. The van der Waals surface area contributed by atoms with Crippen LogP contribution in [0.5, 0.6) is 5.75 Å². The standard InChI is InChI=1S/C21H23N5O5/c1-13(12-30-2)31-18-7-19(23-9-16(18)8-22)25-21(29)26-5-3-4-14-6-15(10-27)17(11-28)24-20(14)26/h6-7,9,11,13,27H,3-5,10,12H2,1-2H3,(H,23,25,29). The van der Waals surface area contributed by atoms with Crippen LogP contribution in [0.3, 0.4) is 0 Å². The van der Waals surface area contributed by atoms with Gasteiger partial charge >= 0.3 is 6.03 Å². The Morgan fingerprint density at radius 3 is 2.97 bits per heavy atom. The molecule has 0 fully saturated rings. The fourth-order valence-corrected chi connectivity index (χ4v) is 3.33. The Bertz CT molecular complexity index is 1020. The van der Waals surface area contributed by atoms with E-state index in [1.165, 1.54) is 17.2 Å². The molecular weight excluding hydrogens is 402 g/mol. The first-order chi connectivity index (χ1) is 15.0. The average Bonchev–Trinajstić information content (AvgIpc) is 2.77. The molecule has 0 bridgehead atoms. The minimum atomic E-state index is -0.477. The van der Waals surface area contributed by atoms with Gasteiger partial charge < -0.3 is 14.6 Å². The van der Waals surface area contributed by atoms with Crippen LogP contribution in [0.25, 0.3) is 0 Å². The second-order valence-corrected chi connectivity index (χ2v) is 7.04. The maximum atomic E-state index is 12.9. The number of pyridine rings is 2. The summed E-state index contributed by atoms with van der Waals surface area (Å²) >= 11 is 0. The van der Waals surface area contributed by atoms with Gasteiger partial charge in [-0.25, -0.2) is 14.8 Å². The lowest BCUT2D eigenvalue weighted by Crippen LogP contribution is -2.39. The largest absolute Gasteiger partial charge is 0.487 e. The van der Waals surface area contributed by atoms with Crippen molar-refractivity contribution in [2.75, 3.05) is 30.5 Å². The van der Waals surface area contributed by atoms with E-state index in [9.17, 15) is 20.0 Å². The van der Waals surface area contributed by atoms with E-state index in [1.807, 2.05) is 6.07 Å². The second kappa shape index (κ2) is 9.97. The van der Waals surface area contributed by atoms with E-state index in [4.69, 9.17) is 9.47 Å². The number of aliphatic hydroxyl groups is 1. The van der Waals surface area contributed by atoms with Gasteiger partial charge in [0.05, 0.1) is 19.4 Å². The lowest BCUT2D eigenvalue weighted by molar-refractivity contribution is 0.0919. The molecule has 0 aliphatic carbocycles. The summed E-state index contributed by atoms with van der Waals surface area (Å²) in [5, 5.41) is 21.4. The number of nitrogens with zero attached hydrogens (tertiary/aromatic N) is 4. The number of aliphatic hydroxyl groups excluding tert-OH is 1. The molecule has 0 spiro atoms. The van der Waals surface area contributed by atoms with Crippen LogP contribution in [-0.4, -0.2) is 53.8 Å². The van der Waals surface area contributed by atoms with Crippen LogP contribution in [0.1, 0.15) is 40.5 Å². The predicted molar refractivity (Wildman–Crippen MR) is 111 cm³/mol. The van der Waals surface area contributed by atoms with E-state index in [0.29, 0.717) is 43.7 Å². The van der Waals surface area contributed by atoms with E-state index in [1.54, 1.807) is 20.1 Å². The first-order valence-corrected chi connectivity index (χ1v) is 9.73. The zero-order valence-corrected chi connectivity index (χ0v) is 17.3. The molecule has 2 aromatic heterocycles. The summed E-state index contributed by atoms with van der Waals surface area (Å²) in [5.41, 5.74) is 1.54. The molecule has 1 atom stereocenters. The SMILES string of the molecule is COCC(C)Oc1cc(NC(=O)N2CCCc3cc(CO)c(C=O)nc32)ncc1C#N. The predicted octanol–water partition coefficient (Wildman–Crippen LogP) is 2.05. The summed E-state index contributed by atoms with van der Waals surface area (Å²) in [7, 11) is 1.55. The highest BCUT2D eigenvalue weighted by molar-refractivity contribution is 6.01. The molecule has 3 heterocycles. The molecule has 2 aromatic rings. The molecule has 31 heavy (non-hydrogen) atoms. The average molecular weight is 425 g/mol. The maximum absolute atomic E-state index is 12.9. The van der Waals surface area contributed by atoms with Crippen molar-refractivity contribution in [1.29, 1.82) is 5.26 Å². The lowest BCUT2D eigenvalue weighted by atomic mass is 10.0. The monoisotopic (exact) mass is 425 g/mol. The number of nitrogens with one attached hydrogen (secondary N) is 1. The fraction of sp³-hybridized carbons (Fsp3) is 0.381. The summed E-state index contributed by atoms with van der Waals surface area (Å²) in [6.45, 7) is 2.23. The van der Waals surface area contributed by atoms with E-state index >= 15 is 0 Å². The smallest absolute Gasteiger partial charge is 0.328 e.